The first kappa shape index (κ1) is 20.8. The van der Waals surface area contributed by atoms with Crippen LogP contribution in [0.4, 0.5) is 9.18 Å². The van der Waals surface area contributed by atoms with Crippen LogP contribution in [0.3, 0.4) is 0 Å². The number of sulfone groups is 1. The van der Waals surface area contributed by atoms with E-state index >= 15 is 0 Å². The summed E-state index contributed by atoms with van der Waals surface area (Å²) >= 11 is 0. The van der Waals surface area contributed by atoms with E-state index in [1.807, 2.05) is 13.0 Å². The topological polar surface area (TPSA) is 101 Å². The number of carbonyl (C=O) groups is 1. The molecule has 8 heteroatoms. The average molecular weight is 416 g/mol. The Morgan fingerprint density at radius 2 is 1.83 bits per heavy atom. The molecule has 0 spiro atoms. The minimum absolute atomic E-state index is 0.0195. The third kappa shape index (κ3) is 4.38. The van der Waals surface area contributed by atoms with Crippen LogP contribution in [0, 0.1) is 5.82 Å². The molecule has 1 aliphatic carbocycles. The van der Waals surface area contributed by atoms with Crippen LogP contribution in [0.5, 0.6) is 0 Å². The van der Waals surface area contributed by atoms with Gasteiger partial charge in [-0.15, -0.1) is 0 Å². The maximum atomic E-state index is 13.9. The predicted octanol–water partition coefficient (Wildman–Crippen LogP) is 3.72. The second-order valence-electron chi connectivity index (χ2n) is 6.90. The Hall–Kier alpha value is -2.97. The zero-order valence-electron chi connectivity index (χ0n) is 16.0. The molecule has 0 radical (unpaired) electrons. The highest BCUT2D eigenvalue weighted by Gasteiger charge is 2.24. The van der Waals surface area contributed by atoms with E-state index < -0.39 is 15.9 Å². The molecule has 0 aliphatic heterocycles. The Kier molecular flexibility index (Phi) is 5.59. The standard InChI is InChI=1S/C21H21FN2O4S/c1-13-17(9-10-24(26)21(23)25)20-12-15(22)5-8-18(20)19(13)11-14-3-6-16(7-4-14)29(2,27)28/h3-8,11-12,26H,9-10H2,1-2H3,(H2,23,25)/b19-11+. The Bertz CT molecular complexity index is 1140. The molecular formula is C21H21FN2O4S. The molecule has 1 aliphatic rings. The highest BCUT2D eigenvalue weighted by Crippen LogP contribution is 2.43. The molecule has 2 amide bonds. The molecule has 29 heavy (non-hydrogen) atoms. The molecule has 0 fully saturated rings. The fourth-order valence-electron chi connectivity index (χ4n) is 3.38. The Morgan fingerprint density at radius 1 is 1.17 bits per heavy atom. The zero-order chi connectivity index (χ0) is 21.3. The quantitative estimate of drug-likeness (QED) is 0.573. The van der Waals surface area contributed by atoms with Gasteiger partial charge in [-0.05, 0) is 77.1 Å². The molecule has 0 saturated carbocycles. The smallest absolute Gasteiger partial charge is 0.338 e. The van der Waals surface area contributed by atoms with Gasteiger partial charge in [0.1, 0.15) is 5.82 Å². The van der Waals surface area contributed by atoms with Crippen molar-refractivity contribution in [3.8, 4) is 0 Å². The third-order valence-corrected chi connectivity index (χ3v) is 6.03. The summed E-state index contributed by atoms with van der Waals surface area (Å²) in [6.45, 7) is 1.87. The van der Waals surface area contributed by atoms with Crippen LogP contribution in [-0.2, 0) is 9.84 Å². The maximum Gasteiger partial charge on any atom is 0.338 e. The first-order chi connectivity index (χ1) is 13.6. The number of allylic oxidation sites excluding steroid dienone is 2. The van der Waals surface area contributed by atoms with Crippen LogP contribution >= 0.6 is 0 Å². The highest BCUT2D eigenvalue weighted by atomic mass is 32.2. The number of carbonyl (C=O) groups excluding carboxylic acids is 1. The Labute approximate surface area is 168 Å². The van der Waals surface area contributed by atoms with Crippen molar-refractivity contribution < 1.29 is 22.8 Å². The third-order valence-electron chi connectivity index (χ3n) is 4.90. The lowest BCUT2D eigenvalue weighted by Gasteiger charge is -2.13. The van der Waals surface area contributed by atoms with E-state index in [4.69, 9.17) is 5.73 Å². The lowest BCUT2D eigenvalue weighted by atomic mass is 10.0. The minimum atomic E-state index is -3.28. The predicted molar refractivity (Wildman–Crippen MR) is 109 cm³/mol. The van der Waals surface area contributed by atoms with Crippen molar-refractivity contribution in [3.63, 3.8) is 0 Å². The second kappa shape index (κ2) is 7.81. The molecule has 0 bridgehead atoms. The van der Waals surface area contributed by atoms with Crippen molar-refractivity contribution in [2.45, 2.75) is 18.2 Å². The normalized spacial score (nSPS) is 15.0. The zero-order valence-corrected chi connectivity index (χ0v) is 16.8. The number of hydroxylamine groups is 2. The summed E-state index contributed by atoms with van der Waals surface area (Å²) in [6.07, 6.45) is 3.35. The minimum Gasteiger partial charge on any atom is -0.350 e. The van der Waals surface area contributed by atoms with E-state index in [0.29, 0.717) is 17.0 Å². The Morgan fingerprint density at radius 3 is 2.41 bits per heavy atom. The molecule has 3 rings (SSSR count). The molecular weight excluding hydrogens is 395 g/mol. The van der Waals surface area contributed by atoms with E-state index in [2.05, 4.69) is 0 Å². The number of hydrogen-bond donors (Lipinski definition) is 2. The SMILES string of the molecule is CC1=C(CCN(O)C(N)=O)c2cc(F)ccc2/C1=C/c1ccc(S(C)(=O)=O)cc1. The van der Waals surface area contributed by atoms with Gasteiger partial charge < -0.3 is 5.73 Å². The van der Waals surface area contributed by atoms with Crippen molar-refractivity contribution in [1.29, 1.82) is 0 Å². The molecule has 2 aromatic rings. The number of primary amides is 1. The van der Waals surface area contributed by atoms with Crippen LogP contribution in [0.25, 0.3) is 17.2 Å². The van der Waals surface area contributed by atoms with Crippen molar-refractivity contribution in [3.05, 3.63) is 70.5 Å². The van der Waals surface area contributed by atoms with Gasteiger partial charge in [-0.25, -0.2) is 22.7 Å². The molecule has 152 valence electrons. The van der Waals surface area contributed by atoms with Crippen LogP contribution in [0.1, 0.15) is 30.0 Å². The van der Waals surface area contributed by atoms with Crippen molar-refractivity contribution in [2.75, 3.05) is 12.8 Å². The number of hydrogen-bond acceptors (Lipinski definition) is 4. The van der Waals surface area contributed by atoms with Crippen LogP contribution in [0.2, 0.25) is 0 Å². The maximum absolute atomic E-state index is 13.9. The number of urea groups is 1. The summed E-state index contributed by atoms with van der Waals surface area (Å²) in [6, 6.07) is 10.0. The molecule has 3 N–H and O–H groups in total. The number of rotatable bonds is 5. The number of halogens is 1. The lowest BCUT2D eigenvalue weighted by molar-refractivity contribution is -0.0372. The number of nitrogens with zero attached hydrogens (tertiary/aromatic N) is 1. The van der Waals surface area contributed by atoms with E-state index in [-0.39, 0.29) is 17.3 Å². The summed E-state index contributed by atoms with van der Waals surface area (Å²) in [5, 5.41) is 9.99. The highest BCUT2D eigenvalue weighted by molar-refractivity contribution is 7.90. The van der Waals surface area contributed by atoms with Gasteiger partial charge in [0.2, 0.25) is 0 Å². The van der Waals surface area contributed by atoms with Crippen molar-refractivity contribution >= 4 is 33.1 Å². The molecule has 0 aromatic heterocycles. The van der Waals surface area contributed by atoms with Gasteiger partial charge in [0.25, 0.3) is 0 Å². The molecule has 0 heterocycles. The van der Waals surface area contributed by atoms with Gasteiger partial charge in [-0.3, -0.25) is 5.21 Å². The van der Waals surface area contributed by atoms with Gasteiger partial charge in [0.15, 0.2) is 9.84 Å². The molecule has 0 unspecified atom stereocenters. The number of benzene rings is 2. The number of nitrogens with two attached hydrogens (primary N) is 1. The van der Waals surface area contributed by atoms with Crippen LogP contribution in [-0.4, -0.2) is 37.5 Å². The van der Waals surface area contributed by atoms with E-state index in [1.165, 1.54) is 12.1 Å². The summed E-state index contributed by atoms with van der Waals surface area (Å²) in [7, 11) is -3.28. The van der Waals surface area contributed by atoms with E-state index in [9.17, 15) is 22.8 Å². The fraction of sp³-hybridized carbons (Fsp3) is 0.190. The van der Waals surface area contributed by atoms with Gasteiger partial charge in [0, 0.05) is 6.26 Å². The van der Waals surface area contributed by atoms with Gasteiger partial charge in [-0.2, -0.15) is 0 Å². The number of amides is 2. The summed E-state index contributed by atoms with van der Waals surface area (Å²) in [5.74, 6) is -0.386. The number of fused-ring (bicyclic) bond motifs is 1. The molecule has 0 atom stereocenters. The van der Waals surface area contributed by atoms with E-state index in [0.717, 1.165) is 34.1 Å². The summed E-state index contributed by atoms with van der Waals surface area (Å²) in [5.41, 5.74) is 9.93. The second-order valence-corrected chi connectivity index (χ2v) is 8.92. The van der Waals surface area contributed by atoms with E-state index in [1.54, 1.807) is 30.3 Å². The summed E-state index contributed by atoms with van der Waals surface area (Å²) < 4.78 is 37.1. The van der Waals surface area contributed by atoms with Crippen molar-refractivity contribution in [1.82, 2.24) is 5.06 Å². The van der Waals surface area contributed by atoms with Gasteiger partial charge >= 0.3 is 6.03 Å². The fourth-order valence-corrected chi connectivity index (χ4v) is 4.01. The molecule has 0 saturated heterocycles. The largest absolute Gasteiger partial charge is 0.350 e. The summed E-state index contributed by atoms with van der Waals surface area (Å²) in [4.78, 5) is 11.3. The first-order valence-electron chi connectivity index (χ1n) is 8.86. The van der Waals surface area contributed by atoms with Crippen LogP contribution < -0.4 is 5.73 Å². The van der Waals surface area contributed by atoms with Gasteiger partial charge in [0.05, 0.1) is 11.4 Å². The van der Waals surface area contributed by atoms with Gasteiger partial charge in [-0.1, -0.05) is 18.2 Å². The molecule has 6 nitrogen and oxygen atoms in total. The average Bonchev–Trinajstić information content (AvgIpc) is 2.90. The van der Waals surface area contributed by atoms with Crippen molar-refractivity contribution in [2.24, 2.45) is 5.73 Å². The first-order valence-corrected chi connectivity index (χ1v) is 10.7. The molecule has 2 aromatic carbocycles. The lowest BCUT2D eigenvalue weighted by Crippen LogP contribution is -2.33. The monoisotopic (exact) mass is 416 g/mol. The van der Waals surface area contributed by atoms with Crippen LogP contribution in [0.15, 0.2) is 52.9 Å². The Balaban J connectivity index is 2.02.